The highest BCUT2D eigenvalue weighted by atomic mass is 19.1. The number of hydrogen-bond acceptors (Lipinski definition) is 2. The van der Waals surface area contributed by atoms with E-state index in [0.717, 1.165) is 24.8 Å². The van der Waals surface area contributed by atoms with Crippen LogP contribution in [-0.2, 0) is 13.5 Å². The molecule has 0 saturated heterocycles. The fourth-order valence-corrected chi connectivity index (χ4v) is 3.77. The van der Waals surface area contributed by atoms with E-state index in [0.29, 0.717) is 5.52 Å². The predicted molar refractivity (Wildman–Crippen MR) is 98.7 cm³/mol. The van der Waals surface area contributed by atoms with Gasteiger partial charge in [-0.25, -0.2) is 4.39 Å². The second-order valence-electron chi connectivity index (χ2n) is 6.76. The van der Waals surface area contributed by atoms with Crippen molar-refractivity contribution < 1.29 is 9.18 Å². The number of aryl methyl sites for hydroxylation is 2. The van der Waals surface area contributed by atoms with Gasteiger partial charge in [0.15, 0.2) is 0 Å². The third-order valence-corrected chi connectivity index (χ3v) is 5.07. The average molecular weight is 350 g/mol. The molecule has 1 aliphatic rings. The summed E-state index contributed by atoms with van der Waals surface area (Å²) in [7, 11) is 1.74. The van der Waals surface area contributed by atoms with Crippen LogP contribution in [0, 0.1) is 5.82 Å². The number of nitrogens with zero attached hydrogens (tertiary/aromatic N) is 1. The van der Waals surface area contributed by atoms with Crippen molar-refractivity contribution in [2.45, 2.75) is 25.3 Å². The minimum absolute atomic E-state index is 0.0358. The summed E-state index contributed by atoms with van der Waals surface area (Å²) < 4.78 is 15.3. The van der Waals surface area contributed by atoms with Crippen LogP contribution >= 0.6 is 0 Å². The fraction of sp³-hybridized carbons (Fsp3) is 0.238. The Labute approximate surface area is 150 Å². The summed E-state index contributed by atoms with van der Waals surface area (Å²) in [5.41, 5.74) is 2.53. The van der Waals surface area contributed by atoms with Gasteiger partial charge in [0.1, 0.15) is 11.4 Å². The number of hydrogen-bond donors (Lipinski definition) is 1. The molecule has 1 N–H and O–H groups in total. The Balaban J connectivity index is 1.72. The number of aromatic nitrogens is 1. The molecule has 1 aromatic heterocycles. The van der Waals surface area contributed by atoms with E-state index in [1.54, 1.807) is 17.7 Å². The number of carbonyl (C=O) groups excluding carboxylic acids is 1. The Kier molecular flexibility index (Phi) is 4.07. The lowest BCUT2D eigenvalue weighted by Crippen LogP contribution is -2.34. The topological polar surface area (TPSA) is 51.1 Å². The number of carbonyl (C=O) groups is 1. The highest BCUT2D eigenvalue weighted by Gasteiger charge is 2.23. The van der Waals surface area contributed by atoms with Gasteiger partial charge in [0.25, 0.3) is 5.91 Å². The number of benzene rings is 2. The molecule has 1 heterocycles. The number of nitrogens with one attached hydrogen (secondary N) is 1. The molecule has 1 aliphatic carbocycles. The van der Waals surface area contributed by atoms with Crippen molar-refractivity contribution in [2.75, 3.05) is 0 Å². The number of amides is 1. The zero-order chi connectivity index (χ0) is 18.3. The van der Waals surface area contributed by atoms with Gasteiger partial charge >= 0.3 is 0 Å². The maximum absolute atomic E-state index is 13.6. The van der Waals surface area contributed by atoms with E-state index in [1.807, 2.05) is 18.2 Å². The molecule has 4 rings (SSSR count). The molecule has 26 heavy (non-hydrogen) atoms. The Morgan fingerprint density at radius 2 is 2.04 bits per heavy atom. The first-order chi connectivity index (χ1) is 12.5. The van der Waals surface area contributed by atoms with Gasteiger partial charge in [0, 0.05) is 18.6 Å². The second-order valence-corrected chi connectivity index (χ2v) is 6.76. The maximum Gasteiger partial charge on any atom is 0.257 e. The van der Waals surface area contributed by atoms with E-state index in [-0.39, 0.29) is 17.0 Å². The Morgan fingerprint density at radius 1 is 1.23 bits per heavy atom. The molecule has 0 fully saturated rings. The van der Waals surface area contributed by atoms with Gasteiger partial charge in [-0.1, -0.05) is 24.3 Å². The van der Waals surface area contributed by atoms with Crippen molar-refractivity contribution in [3.05, 3.63) is 81.4 Å². The lowest BCUT2D eigenvalue weighted by molar-refractivity contribution is 0.0931. The number of pyridine rings is 1. The molecule has 0 spiro atoms. The first-order valence-corrected chi connectivity index (χ1v) is 8.72. The van der Waals surface area contributed by atoms with Crippen molar-refractivity contribution in [3.63, 3.8) is 0 Å². The molecule has 3 aromatic rings. The van der Waals surface area contributed by atoms with Gasteiger partial charge in [-0.2, -0.15) is 0 Å². The first kappa shape index (κ1) is 16.5. The molecule has 132 valence electrons. The summed E-state index contributed by atoms with van der Waals surface area (Å²) in [6.45, 7) is 0. The van der Waals surface area contributed by atoms with Crippen LogP contribution in [-0.4, -0.2) is 10.5 Å². The average Bonchev–Trinajstić information content (AvgIpc) is 2.65. The second kappa shape index (κ2) is 6.41. The van der Waals surface area contributed by atoms with E-state index in [2.05, 4.69) is 11.4 Å². The largest absolute Gasteiger partial charge is 0.350 e. The number of halogens is 1. The summed E-state index contributed by atoms with van der Waals surface area (Å²) in [4.78, 5) is 25.5. The molecule has 5 heteroatoms. The molecule has 0 aliphatic heterocycles. The molecule has 4 nitrogen and oxygen atoms in total. The molecular weight excluding hydrogens is 331 g/mol. The van der Waals surface area contributed by atoms with E-state index >= 15 is 0 Å². The molecule has 2 aromatic carbocycles. The zero-order valence-electron chi connectivity index (χ0n) is 14.5. The van der Waals surface area contributed by atoms with Crippen LogP contribution in [0.2, 0.25) is 0 Å². The predicted octanol–water partition coefficient (Wildman–Crippen LogP) is 3.49. The van der Waals surface area contributed by atoms with Crippen LogP contribution in [0.25, 0.3) is 10.9 Å². The summed E-state index contributed by atoms with van der Waals surface area (Å²) in [5.74, 6) is -0.910. The Hall–Kier alpha value is -2.95. The zero-order valence-corrected chi connectivity index (χ0v) is 14.5. The lowest BCUT2D eigenvalue weighted by Gasteiger charge is -2.26. The summed E-state index contributed by atoms with van der Waals surface area (Å²) in [6.07, 6.45) is 4.35. The van der Waals surface area contributed by atoms with Crippen LogP contribution in [0.3, 0.4) is 0 Å². The third-order valence-electron chi connectivity index (χ3n) is 5.07. The smallest absolute Gasteiger partial charge is 0.257 e. The minimum atomic E-state index is -0.492. The van der Waals surface area contributed by atoms with Gasteiger partial charge in [-0.15, -0.1) is 0 Å². The third kappa shape index (κ3) is 2.79. The maximum atomic E-state index is 13.6. The van der Waals surface area contributed by atoms with Gasteiger partial charge < -0.3 is 9.88 Å². The summed E-state index contributed by atoms with van der Waals surface area (Å²) in [6, 6.07) is 12.0. The van der Waals surface area contributed by atoms with Crippen LogP contribution in [0.15, 0.2) is 53.5 Å². The summed E-state index contributed by atoms with van der Waals surface area (Å²) >= 11 is 0. The van der Waals surface area contributed by atoms with E-state index in [9.17, 15) is 14.0 Å². The van der Waals surface area contributed by atoms with Crippen molar-refractivity contribution >= 4 is 16.8 Å². The van der Waals surface area contributed by atoms with Crippen molar-refractivity contribution in [2.24, 2.45) is 7.05 Å². The Morgan fingerprint density at radius 3 is 2.88 bits per heavy atom. The van der Waals surface area contributed by atoms with Crippen molar-refractivity contribution in [1.82, 2.24) is 9.88 Å². The summed E-state index contributed by atoms with van der Waals surface area (Å²) in [5, 5.41) is 3.20. The van der Waals surface area contributed by atoms with Gasteiger partial charge in [0.05, 0.1) is 11.6 Å². The quantitative estimate of drug-likeness (QED) is 0.769. The molecule has 0 saturated carbocycles. The van der Waals surface area contributed by atoms with Crippen molar-refractivity contribution in [3.8, 4) is 0 Å². The number of fused-ring (bicyclic) bond motifs is 2. The van der Waals surface area contributed by atoms with E-state index in [1.165, 1.54) is 23.9 Å². The molecule has 0 bridgehead atoms. The van der Waals surface area contributed by atoms with Crippen LogP contribution < -0.4 is 10.7 Å². The minimum Gasteiger partial charge on any atom is -0.350 e. The normalized spacial score (nSPS) is 16.3. The standard InChI is InChI=1S/C21H19FN2O2/c1-24-12-17(20(25)16-11-14(22)9-10-19(16)24)21(26)23-18-8-4-6-13-5-2-3-7-15(13)18/h2-3,5,7,9-12,18H,4,6,8H2,1H3,(H,23,26)/t18-/m0/s1. The highest BCUT2D eigenvalue weighted by Crippen LogP contribution is 2.29. The lowest BCUT2D eigenvalue weighted by atomic mass is 9.87. The van der Waals surface area contributed by atoms with Crippen LogP contribution in [0.4, 0.5) is 4.39 Å². The van der Waals surface area contributed by atoms with Crippen LogP contribution in [0.5, 0.6) is 0 Å². The van der Waals surface area contributed by atoms with Crippen molar-refractivity contribution in [1.29, 1.82) is 0 Å². The first-order valence-electron chi connectivity index (χ1n) is 8.72. The molecule has 1 amide bonds. The molecule has 0 unspecified atom stereocenters. The highest BCUT2D eigenvalue weighted by molar-refractivity contribution is 5.97. The Bertz CT molecular complexity index is 1070. The van der Waals surface area contributed by atoms with E-state index < -0.39 is 17.2 Å². The van der Waals surface area contributed by atoms with Gasteiger partial charge in [0.2, 0.25) is 5.43 Å². The van der Waals surface area contributed by atoms with Gasteiger partial charge in [-0.05, 0) is 48.6 Å². The SMILES string of the molecule is Cn1cc(C(=O)N[C@H]2CCCc3ccccc32)c(=O)c2cc(F)ccc21. The molecular formula is C21H19FN2O2. The van der Waals surface area contributed by atoms with Crippen LogP contribution in [0.1, 0.15) is 40.4 Å². The van der Waals surface area contributed by atoms with Gasteiger partial charge in [-0.3, -0.25) is 9.59 Å². The molecule has 0 radical (unpaired) electrons. The number of rotatable bonds is 2. The molecule has 1 atom stereocenters. The van der Waals surface area contributed by atoms with E-state index in [4.69, 9.17) is 0 Å². The fourth-order valence-electron chi connectivity index (χ4n) is 3.77. The monoisotopic (exact) mass is 350 g/mol.